The molecular formula is C12H25. The molecule has 12 heavy (non-hydrogen) atoms. The van der Waals surface area contributed by atoms with E-state index in [0.717, 1.165) is 6.42 Å². The van der Waals surface area contributed by atoms with Gasteiger partial charge in [-0.2, -0.15) is 0 Å². The Kier molecular flexibility index (Phi) is 11.0. The third-order valence-corrected chi connectivity index (χ3v) is 2.35. The lowest BCUT2D eigenvalue weighted by Gasteiger charge is -1.99. The fourth-order valence-electron chi connectivity index (χ4n) is 1.49. The molecule has 0 aliphatic carbocycles. The Hall–Kier alpha value is 0. The van der Waals surface area contributed by atoms with Crippen LogP contribution < -0.4 is 0 Å². The van der Waals surface area contributed by atoms with Gasteiger partial charge in [-0.05, 0) is 0 Å². The highest BCUT2D eigenvalue weighted by Gasteiger charge is 1.90. The van der Waals surface area contributed by atoms with Crippen molar-refractivity contribution in [2.24, 2.45) is 0 Å². The smallest absolute Gasteiger partial charge is 0.0533 e. The summed E-state index contributed by atoms with van der Waals surface area (Å²) in [5.74, 6) is 0. The summed E-state index contributed by atoms with van der Waals surface area (Å²) in [6, 6.07) is 0. The molecule has 0 aromatic heterocycles. The molecule has 0 aromatic carbocycles. The lowest BCUT2D eigenvalue weighted by atomic mass is 10.1. The third kappa shape index (κ3) is 10.0. The zero-order chi connectivity index (χ0) is 9.07. The van der Waals surface area contributed by atoms with Crippen molar-refractivity contribution in [3.63, 3.8) is 0 Å². The van der Waals surface area contributed by atoms with E-state index in [1.54, 1.807) is 0 Å². The first-order valence-electron chi connectivity index (χ1n) is 5.71. The van der Waals surface area contributed by atoms with Crippen LogP contribution in [0.15, 0.2) is 0 Å². The van der Waals surface area contributed by atoms with Gasteiger partial charge in [-0.15, -0.1) is 0 Å². The van der Waals surface area contributed by atoms with Crippen LogP contribution in [0.1, 0.15) is 71.1 Å². The standard InChI is InChI=1S/C12H25/c1-3-5-7-9-11-12-10-8-6-4-2/h1,3-12H2,2H3. The van der Waals surface area contributed by atoms with Gasteiger partial charge in [-0.25, -0.2) is 0 Å². The van der Waals surface area contributed by atoms with Crippen LogP contribution >= 0.6 is 0 Å². The average Bonchev–Trinajstić information content (AvgIpc) is 2.10. The molecular weight excluding hydrogens is 144 g/mol. The molecule has 0 heteroatoms. The average molecular weight is 169 g/mol. The molecule has 0 bridgehead atoms. The lowest BCUT2D eigenvalue weighted by Crippen LogP contribution is -1.80. The van der Waals surface area contributed by atoms with Gasteiger partial charge in [0.2, 0.25) is 0 Å². The number of unbranched alkanes of at least 4 members (excludes halogenated alkanes) is 9. The maximum atomic E-state index is 3.84. The van der Waals surface area contributed by atoms with Gasteiger partial charge in [0.05, 0.1) is 0 Å². The van der Waals surface area contributed by atoms with E-state index >= 15 is 0 Å². The molecule has 0 saturated carbocycles. The zero-order valence-electron chi connectivity index (χ0n) is 8.78. The van der Waals surface area contributed by atoms with Crippen molar-refractivity contribution >= 4 is 0 Å². The Balaban J connectivity index is 2.73. The van der Waals surface area contributed by atoms with E-state index in [0.29, 0.717) is 0 Å². The van der Waals surface area contributed by atoms with Gasteiger partial charge in [0.15, 0.2) is 0 Å². The van der Waals surface area contributed by atoms with Crippen molar-refractivity contribution in [3.05, 3.63) is 6.92 Å². The fraction of sp³-hybridized carbons (Fsp3) is 0.917. The van der Waals surface area contributed by atoms with Crippen molar-refractivity contribution in [2.45, 2.75) is 71.1 Å². The van der Waals surface area contributed by atoms with Crippen molar-refractivity contribution in [2.75, 3.05) is 0 Å². The van der Waals surface area contributed by atoms with Crippen LogP contribution in [0.25, 0.3) is 0 Å². The highest BCUT2D eigenvalue weighted by atomic mass is 14.0. The van der Waals surface area contributed by atoms with E-state index in [1.165, 1.54) is 57.8 Å². The molecule has 0 heterocycles. The van der Waals surface area contributed by atoms with E-state index in [1.807, 2.05) is 0 Å². The summed E-state index contributed by atoms with van der Waals surface area (Å²) in [6.07, 6.45) is 13.9. The summed E-state index contributed by atoms with van der Waals surface area (Å²) in [5.41, 5.74) is 0. The van der Waals surface area contributed by atoms with Crippen LogP contribution in [0.2, 0.25) is 0 Å². The second kappa shape index (κ2) is 11.0. The molecule has 0 aliphatic heterocycles. The summed E-state index contributed by atoms with van der Waals surface area (Å²) >= 11 is 0. The van der Waals surface area contributed by atoms with Crippen molar-refractivity contribution in [3.8, 4) is 0 Å². The second-order valence-electron chi connectivity index (χ2n) is 3.68. The first-order chi connectivity index (χ1) is 5.91. The Morgan fingerprint density at radius 3 is 1.50 bits per heavy atom. The molecule has 0 amide bonds. The zero-order valence-corrected chi connectivity index (χ0v) is 8.78. The van der Waals surface area contributed by atoms with Gasteiger partial charge >= 0.3 is 0 Å². The van der Waals surface area contributed by atoms with E-state index in [-0.39, 0.29) is 0 Å². The normalized spacial score (nSPS) is 10.5. The van der Waals surface area contributed by atoms with E-state index < -0.39 is 0 Å². The minimum atomic E-state index is 1.12. The number of hydrogen-bond acceptors (Lipinski definition) is 0. The van der Waals surface area contributed by atoms with Gasteiger partial charge in [0, 0.05) is 0 Å². The van der Waals surface area contributed by atoms with Crippen molar-refractivity contribution < 1.29 is 0 Å². The Morgan fingerprint density at radius 2 is 1.08 bits per heavy atom. The van der Waals surface area contributed by atoms with Crippen LogP contribution in [-0.2, 0) is 0 Å². The summed E-state index contributed by atoms with van der Waals surface area (Å²) in [7, 11) is 0. The van der Waals surface area contributed by atoms with Gasteiger partial charge in [-0.1, -0.05) is 78.1 Å². The fourth-order valence-corrected chi connectivity index (χ4v) is 1.49. The van der Waals surface area contributed by atoms with Gasteiger partial charge in [0.1, 0.15) is 0 Å². The maximum Gasteiger partial charge on any atom is -0.0533 e. The summed E-state index contributed by atoms with van der Waals surface area (Å²) in [6.45, 7) is 6.12. The molecule has 0 aromatic rings. The quantitative estimate of drug-likeness (QED) is 0.437. The lowest BCUT2D eigenvalue weighted by molar-refractivity contribution is 0.566. The minimum absolute atomic E-state index is 1.12. The van der Waals surface area contributed by atoms with Crippen LogP contribution in [0.3, 0.4) is 0 Å². The molecule has 1 radical (unpaired) electrons. The molecule has 0 aliphatic rings. The topological polar surface area (TPSA) is 0 Å². The Labute approximate surface area is 78.8 Å². The number of rotatable bonds is 9. The van der Waals surface area contributed by atoms with Crippen LogP contribution in [0.4, 0.5) is 0 Å². The highest BCUT2D eigenvalue weighted by molar-refractivity contribution is 4.47. The molecule has 73 valence electrons. The van der Waals surface area contributed by atoms with Gasteiger partial charge in [0.25, 0.3) is 0 Å². The molecule has 0 N–H and O–H groups in total. The molecule has 0 spiro atoms. The molecule has 0 rings (SSSR count). The molecule has 0 nitrogen and oxygen atoms in total. The number of hydrogen-bond donors (Lipinski definition) is 0. The predicted octanol–water partition coefficient (Wildman–Crippen LogP) is 4.74. The maximum absolute atomic E-state index is 3.84. The summed E-state index contributed by atoms with van der Waals surface area (Å²) < 4.78 is 0. The summed E-state index contributed by atoms with van der Waals surface area (Å²) in [5, 5.41) is 0. The van der Waals surface area contributed by atoms with E-state index in [9.17, 15) is 0 Å². The van der Waals surface area contributed by atoms with E-state index in [4.69, 9.17) is 0 Å². The highest BCUT2D eigenvalue weighted by Crippen LogP contribution is 2.09. The molecule has 0 atom stereocenters. The monoisotopic (exact) mass is 169 g/mol. The van der Waals surface area contributed by atoms with Gasteiger partial charge in [-0.3, -0.25) is 0 Å². The van der Waals surface area contributed by atoms with Gasteiger partial charge < -0.3 is 0 Å². The Morgan fingerprint density at radius 1 is 0.667 bits per heavy atom. The SMILES string of the molecule is [CH2]CCCCCCCCCCC. The third-order valence-electron chi connectivity index (χ3n) is 2.35. The van der Waals surface area contributed by atoms with Crippen LogP contribution in [0, 0.1) is 6.92 Å². The van der Waals surface area contributed by atoms with Crippen LogP contribution in [-0.4, -0.2) is 0 Å². The van der Waals surface area contributed by atoms with Crippen LogP contribution in [0.5, 0.6) is 0 Å². The van der Waals surface area contributed by atoms with E-state index in [2.05, 4.69) is 13.8 Å². The minimum Gasteiger partial charge on any atom is -0.0654 e. The molecule has 0 unspecified atom stereocenters. The largest absolute Gasteiger partial charge is 0.0654 e. The Bertz CT molecular complexity index is 56.4. The first kappa shape index (κ1) is 12.0. The summed E-state index contributed by atoms with van der Waals surface area (Å²) in [4.78, 5) is 0. The van der Waals surface area contributed by atoms with Crippen molar-refractivity contribution in [1.82, 2.24) is 0 Å². The molecule has 0 saturated heterocycles. The first-order valence-corrected chi connectivity index (χ1v) is 5.71. The predicted molar refractivity (Wildman–Crippen MR) is 57.2 cm³/mol. The second-order valence-corrected chi connectivity index (χ2v) is 3.68. The van der Waals surface area contributed by atoms with Crippen molar-refractivity contribution in [1.29, 1.82) is 0 Å². The molecule has 0 fully saturated rings.